The molecule has 0 radical (unpaired) electrons. The van der Waals surface area contributed by atoms with Gasteiger partial charge in [0.05, 0.1) is 16.8 Å². The van der Waals surface area contributed by atoms with Crippen LogP contribution in [0.15, 0.2) is 72.0 Å². The first kappa shape index (κ1) is 19.1. The van der Waals surface area contributed by atoms with Crippen molar-refractivity contribution in [2.45, 2.75) is 0 Å². The summed E-state index contributed by atoms with van der Waals surface area (Å²) in [6.45, 7) is -0.192. The Morgan fingerprint density at radius 3 is 2.57 bits per heavy atom. The Morgan fingerprint density at radius 1 is 1.18 bits per heavy atom. The lowest BCUT2D eigenvalue weighted by Gasteiger charge is -2.06. The summed E-state index contributed by atoms with van der Waals surface area (Å²) in [5, 5.41) is 15.2. The van der Waals surface area contributed by atoms with Crippen LogP contribution in [-0.4, -0.2) is 28.2 Å². The van der Waals surface area contributed by atoms with Gasteiger partial charge in [0.2, 0.25) is 0 Å². The third-order valence-electron chi connectivity index (χ3n) is 3.69. The zero-order valence-electron chi connectivity index (χ0n) is 14.5. The highest BCUT2D eigenvalue weighted by atomic mass is 35.5. The summed E-state index contributed by atoms with van der Waals surface area (Å²) in [4.78, 5) is 22.1. The number of nitro groups is 1. The van der Waals surface area contributed by atoms with Crippen molar-refractivity contribution < 1.29 is 14.5 Å². The fourth-order valence-corrected chi connectivity index (χ4v) is 2.48. The Kier molecular flexibility index (Phi) is 6.03. The van der Waals surface area contributed by atoms with E-state index in [4.69, 9.17) is 16.3 Å². The van der Waals surface area contributed by atoms with Gasteiger partial charge in [-0.25, -0.2) is 5.43 Å². The van der Waals surface area contributed by atoms with E-state index in [0.29, 0.717) is 16.5 Å². The standard InChI is InChI=1S/C19H15ClN4O4/c20-14-3-9-18(10-4-14)28-13-19(25)22-21-12-17-2-1-11-23(17)15-5-7-16(8-6-15)24(26)27/h1-12H,13H2,(H,22,25). The van der Waals surface area contributed by atoms with Gasteiger partial charge in [-0.2, -0.15) is 5.10 Å². The maximum atomic E-state index is 11.8. The average molecular weight is 399 g/mol. The molecule has 8 nitrogen and oxygen atoms in total. The van der Waals surface area contributed by atoms with E-state index in [9.17, 15) is 14.9 Å². The Morgan fingerprint density at radius 2 is 1.89 bits per heavy atom. The Labute approximate surface area is 165 Å². The van der Waals surface area contributed by atoms with Crippen LogP contribution < -0.4 is 10.2 Å². The number of nitrogens with one attached hydrogen (secondary N) is 1. The first-order valence-electron chi connectivity index (χ1n) is 8.15. The van der Waals surface area contributed by atoms with E-state index in [1.165, 1.54) is 18.3 Å². The fraction of sp³-hybridized carbons (Fsp3) is 0.0526. The largest absolute Gasteiger partial charge is 0.484 e. The monoisotopic (exact) mass is 398 g/mol. The molecule has 1 heterocycles. The fourth-order valence-electron chi connectivity index (χ4n) is 2.35. The molecule has 0 aliphatic rings. The van der Waals surface area contributed by atoms with Crippen molar-refractivity contribution in [2.75, 3.05) is 6.61 Å². The third kappa shape index (κ3) is 4.95. The minimum Gasteiger partial charge on any atom is -0.484 e. The summed E-state index contributed by atoms with van der Waals surface area (Å²) in [5.41, 5.74) is 3.81. The lowest BCUT2D eigenvalue weighted by molar-refractivity contribution is -0.384. The van der Waals surface area contributed by atoms with Crippen molar-refractivity contribution in [3.05, 3.63) is 87.7 Å². The van der Waals surface area contributed by atoms with Crippen molar-refractivity contribution in [3.63, 3.8) is 0 Å². The van der Waals surface area contributed by atoms with Crippen LogP contribution in [0.25, 0.3) is 5.69 Å². The van der Waals surface area contributed by atoms with E-state index in [1.807, 2.05) is 0 Å². The molecule has 0 aliphatic heterocycles. The molecule has 3 aromatic rings. The highest BCUT2D eigenvalue weighted by Gasteiger charge is 2.07. The number of aromatic nitrogens is 1. The normalized spacial score (nSPS) is 10.8. The molecule has 0 fully saturated rings. The van der Waals surface area contributed by atoms with Gasteiger partial charge in [0.15, 0.2) is 6.61 Å². The molecule has 0 unspecified atom stereocenters. The zero-order chi connectivity index (χ0) is 19.9. The van der Waals surface area contributed by atoms with Crippen LogP contribution in [0.1, 0.15) is 5.69 Å². The minimum absolute atomic E-state index is 0.0130. The number of hydrogen-bond donors (Lipinski definition) is 1. The van der Waals surface area contributed by atoms with E-state index in [0.717, 1.165) is 5.69 Å². The topological polar surface area (TPSA) is 98.8 Å². The second-order valence-electron chi connectivity index (χ2n) is 5.61. The van der Waals surface area contributed by atoms with E-state index < -0.39 is 10.8 Å². The molecule has 9 heteroatoms. The second kappa shape index (κ2) is 8.83. The van der Waals surface area contributed by atoms with Gasteiger partial charge in [0.25, 0.3) is 11.6 Å². The SMILES string of the molecule is O=C(COc1ccc(Cl)cc1)NN=Cc1cccn1-c1ccc([N+](=O)[O-])cc1. The lowest BCUT2D eigenvalue weighted by atomic mass is 10.3. The van der Waals surface area contributed by atoms with Crippen molar-refractivity contribution in [1.82, 2.24) is 9.99 Å². The van der Waals surface area contributed by atoms with Gasteiger partial charge < -0.3 is 9.30 Å². The number of carbonyl (C=O) groups excluding carboxylic acids is 1. The predicted molar refractivity (Wildman–Crippen MR) is 105 cm³/mol. The number of hydrazone groups is 1. The number of rotatable bonds is 7. The highest BCUT2D eigenvalue weighted by molar-refractivity contribution is 6.30. The summed E-state index contributed by atoms with van der Waals surface area (Å²) in [7, 11) is 0. The lowest BCUT2D eigenvalue weighted by Crippen LogP contribution is -2.24. The van der Waals surface area contributed by atoms with E-state index >= 15 is 0 Å². The number of benzene rings is 2. The molecule has 3 rings (SSSR count). The first-order valence-corrected chi connectivity index (χ1v) is 8.53. The molecule has 1 aromatic heterocycles. The zero-order valence-corrected chi connectivity index (χ0v) is 15.2. The number of nitrogens with zero attached hydrogens (tertiary/aromatic N) is 3. The van der Waals surface area contributed by atoms with Crippen molar-refractivity contribution >= 4 is 29.4 Å². The van der Waals surface area contributed by atoms with Gasteiger partial charge >= 0.3 is 0 Å². The van der Waals surface area contributed by atoms with Crippen LogP contribution in [0.4, 0.5) is 5.69 Å². The van der Waals surface area contributed by atoms with Crippen LogP contribution in [0.5, 0.6) is 5.75 Å². The molecule has 0 aliphatic carbocycles. The molecule has 0 saturated heterocycles. The summed E-state index contributed by atoms with van der Waals surface area (Å²) in [6, 6.07) is 16.4. The van der Waals surface area contributed by atoms with Crippen molar-refractivity contribution in [2.24, 2.45) is 5.10 Å². The number of carbonyl (C=O) groups is 1. The van der Waals surface area contributed by atoms with Crippen LogP contribution >= 0.6 is 11.6 Å². The summed E-state index contributed by atoms with van der Waals surface area (Å²) < 4.78 is 7.11. The van der Waals surface area contributed by atoms with Crippen molar-refractivity contribution in [3.8, 4) is 11.4 Å². The van der Waals surface area contributed by atoms with Gasteiger partial charge in [-0.15, -0.1) is 0 Å². The number of nitro benzene ring substituents is 1. The van der Waals surface area contributed by atoms with Gasteiger partial charge in [0, 0.05) is 29.0 Å². The number of non-ortho nitro benzene ring substituents is 1. The summed E-state index contributed by atoms with van der Waals surface area (Å²) >= 11 is 5.78. The molecule has 142 valence electrons. The third-order valence-corrected chi connectivity index (χ3v) is 3.94. The van der Waals surface area contributed by atoms with Gasteiger partial charge in [-0.3, -0.25) is 14.9 Å². The first-order chi connectivity index (χ1) is 13.5. The smallest absolute Gasteiger partial charge is 0.277 e. The van der Waals surface area contributed by atoms with Crippen LogP contribution in [0.2, 0.25) is 5.02 Å². The number of hydrogen-bond acceptors (Lipinski definition) is 5. The summed E-state index contributed by atoms with van der Waals surface area (Å²) in [6.07, 6.45) is 3.26. The Balaban J connectivity index is 1.57. The van der Waals surface area contributed by atoms with Gasteiger partial charge in [-0.05, 0) is 48.5 Å². The van der Waals surface area contributed by atoms with E-state index in [-0.39, 0.29) is 12.3 Å². The molecule has 28 heavy (non-hydrogen) atoms. The Bertz CT molecular complexity index is 998. The van der Waals surface area contributed by atoms with E-state index in [2.05, 4.69) is 10.5 Å². The quantitative estimate of drug-likeness (QED) is 0.373. The molecule has 0 bridgehead atoms. The molecule has 1 amide bonds. The molecule has 0 spiro atoms. The molecule has 1 N–H and O–H groups in total. The van der Waals surface area contributed by atoms with E-state index in [1.54, 1.807) is 59.3 Å². The predicted octanol–water partition coefficient (Wildman–Crippen LogP) is 3.57. The van der Waals surface area contributed by atoms with Crippen LogP contribution in [0, 0.1) is 10.1 Å². The minimum atomic E-state index is -0.455. The molecule has 0 saturated carbocycles. The maximum Gasteiger partial charge on any atom is 0.277 e. The Hall–Kier alpha value is -3.65. The van der Waals surface area contributed by atoms with Gasteiger partial charge in [-0.1, -0.05) is 11.6 Å². The highest BCUT2D eigenvalue weighted by Crippen LogP contribution is 2.17. The van der Waals surface area contributed by atoms with Crippen molar-refractivity contribution in [1.29, 1.82) is 0 Å². The summed E-state index contributed by atoms with van der Waals surface area (Å²) in [5.74, 6) is 0.107. The van der Waals surface area contributed by atoms with Gasteiger partial charge in [0.1, 0.15) is 5.75 Å². The average Bonchev–Trinajstić information content (AvgIpc) is 3.16. The maximum absolute atomic E-state index is 11.8. The van der Waals surface area contributed by atoms with Crippen LogP contribution in [0.3, 0.4) is 0 Å². The molecule has 0 atom stereocenters. The second-order valence-corrected chi connectivity index (χ2v) is 6.05. The number of ether oxygens (including phenoxy) is 1. The number of amides is 1. The van der Waals surface area contributed by atoms with Crippen LogP contribution in [-0.2, 0) is 4.79 Å². The molecular formula is C19H15ClN4O4. The molecule has 2 aromatic carbocycles. The molecular weight excluding hydrogens is 384 g/mol. The number of halogens is 1.